The fraction of sp³-hybridized carbons (Fsp3) is 0.263. The molecule has 2 amide bonds. The topological polar surface area (TPSA) is 92.3 Å². The Bertz CT molecular complexity index is 1010. The van der Waals surface area contributed by atoms with E-state index in [0.29, 0.717) is 23.0 Å². The predicted octanol–water partition coefficient (Wildman–Crippen LogP) is 3.11. The Labute approximate surface area is 173 Å². The van der Waals surface area contributed by atoms with Crippen molar-refractivity contribution in [3.63, 3.8) is 0 Å². The van der Waals surface area contributed by atoms with Gasteiger partial charge in [0.15, 0.2) is 9.84 Å². The van der Waals surface area contributed by atoms with E-state index >= 15 is 0 Å². The van der Waals surface area contributed by atoms with Crippen molar-refractivity contribution in [1.29, 1.82) is 0 Å². The van der Waals surface area contributed by atoms with Crippen LogP contribution in [0.15, 0.2) is 52.3 Å². The first-order valence-electron chi connectivity index (χ1n) is 8.56. The number of fused-ring (bicyclic) bond motifs is 1. The minimum absolute atomic E-state index is 0.0893. The summed E-state index contributed by atoms with van der Waals surface area (Å²) in [4.78, 5) is 24.7. The van der Waals surface area contributed by atoms with Gasteiger partial charge in [0.1, 0.15) is 0 Å². The molecule has 0 saturated carbocycles. The summed E-state index contributed by atoms with van der Waals surface area (Å²) in [5.41, 5.74) is 1.36. The van der Waals surface area contributed by atoms with E-state index in [2.05, 4.69) is 10.6 Å². The second kappa shape index (κ2) is 8.55. The summed E-state index contributed by atoms with van der Waals surface area (Å²) >= 11 is 7.19. The molecule has 1 atom stereocenters. The summed E-state index contributed by atoms with van der Waals surface area (Å²) in [6, 6.07) is 11.7. The summed E-state index contributed by atoms with van der Waals surface area (Å²) in [5.74, 6) is -1.25. The van der Waals surface area contributed by atoms with Gasteiger partial charge in [0, 0.05) is 22.4 Å². The highest BCUT2D eigenvalue weighted by atomic mass is 35.5. The molecule has 0 aromatic heterocycles. The van der Waals surface area contributed by atoms with Crippen LogP contribution in [0.1, 0.15) is 12.5 Å². The van der Waals surface area contributed by atoms with Crippen molar-refractivity contribution in [1.82, 2.24) is 5.32 Å². The molecular formula is C19H19ClN2O4S2. The monoisotopic (exact) mass is 438 g/mol. The van der Waals surface area contributed by atoms with Crippen molar-refractivity contribution in [3.05, 3.63) is 53.1 Å². The van der Waals surface area contributed by atoms with Crippen LogP contribution in [0.2, 0.25) is 5.02 Å². The maximum atomic E-state index is 12.7. The Morgan fingerprint density at radius 1 is 1.25 bits per heavy atom. The molecule has 0 saturated heterocycles. The number of sulfone groups is 1. The molecule has 9 heteroatoms. The molecule has 1 unspecified atom stereocenters. The van der Waals surface area contributed by atoms with Crippen molar-refractivity contribution < 1.29 is 18.0 Å². The van der Waals surface area contributed by atoms with Crippen molar-refractivity contribution in [3.8, 4) is 0 Å². The maximum absolute atomic E-state index is 12.7. The number of anilines is 1. The molecule has 1 heterocycles. The molecule has 2 aromatic carbocycles. The number of carbonyl (C=O) groups excluding carboxylic acids is 2. The molecule has 1 aliphatic heterocycles. The van der Waals surface area contributed by atoms with Crippen molar-refractivity contribution in [2.45, 2.75) is 23.3 Å². The molecule has 0 spiro atoms. The first-order chi connectivity index (χ1) is 13.2. The van der Waals surface area contributed by atoms with Crippen LogP contribution >= 0.6 is 23.4 Å². The highest BCUT2D eigenvalue weighted by molar-refractivity contribution is 8.00. The number of halogens is 1. The van der Waals surface area contributed by atoms with Gasteiger partial charge in [-0.3, -0.25) is 9.59 Å². The zero-order valence-electron chi connectivity index (χ0n) is 15.1. The van der Waals surface area contributed by atoms with Crippen LogP contribution in [0.25, 0.3) is 0 Å². The van der Waals surface area contributed by atoms with Crippen LogP contribution in [0, 0.1) is 5.92 Å². The van der Waals surface area contributed by atoms with Gasteiger partial charge in [0.25, 0.3) is 0 Å². The highest BCUT2D eigenvalue weighted by Gasteiger charge is 2.25. The van der Waals surface area contributed by atoms with E-state index in [1.807, 2.05) is 0 Å². The van der Waals surface area contributed by atoms with Gasteiger partial charge in [-0.1, -0.05) is 30.7 Å². The number of amides is 2. The second-order valence-electron chi connectivity index (χ2n) is 6.52. The molecule has 0 aliphatic carbocycles. The lowest BCUT2D eigenvalue weighted by Gasteiger charge is -2.18. The Hall–Kier alpha value is -2.03. The Balaban J connectivity index is 1.64. The largest absolute Gasteiger partial charge is 0.352 e. The highest BCUT2D eigenvalue weighted by Crippen LogP contribution is 2.33. The van der Waals surface area contributed by atoms with Crippen molar-refractivity contribution >= 4 is 50.7 Å². The minimum atomic E-state index is -3.68. The zero-order valence-corrected chi connectivity index (χ0v) is 17.5. The molecule has 2 aromatic rings. The molecule has 0 fully saturated rings. The fourth-order valence-electron chi connectivity index (χ4n) is 2.72. The molecule has 28 heavy (non-hydrogen) atoms. The number of rotatable bonds is 6. The fourth-order valence-corrected chi connectivity index (χ4v) is 5.21. The third-order valence-electron chi connectivity index (χ3n) is 4.24. The number of hydrogen-bond acceptors (Lipinski definition) is 5. The smallest absolute Gasteiger partial charge is 0.234 e. The van der Waals surface area contributed by atoms with Crippen LogP contribution in [0.5, 0.6) is 0 Å². The number of hydrogen-bond donors (Lipinski definition) is 2. The number of thioether (sulfide) groups is 1. The third-order valence-corrected chi connectivity index (χ3v) is 7.48. The first-order valence-corrected chi connectivity index (χ1v) is 11.6. The third kappa shape index (κ3) is 5.06. The number of nitrogens with one attached hydrogen (secondary N) is 2. The lowest BCUT2D eigenvalue weighted by atomic mass is 10.2. The van der Waals surface area contributed by atoms with E-state index in [1.54, 1.807) is 37.3 Å². The molecule has 0 radical (unpaired) electrons. The number of carbonyl (C=O) groups is 2. The van der Waals surface area contributed by atoms with Crippen LogP contribution in [-0.4, -0.2) is 31.7 Å². The van der Waals surface area contributed by atoms with Crippen LogP contribution < -0.4 is 10.6 Å². The summed E-state index contributed by atoms with van der Waals surface area (Å²) in [6.45, 7) is 1.87. The van der Waals surface area contributed by atoms with E-state index in [-0.39, 0.29) is 22.5 Å². The molecule has 3 rings (SSSR count). The first kappa shape index (κ1) is 20.7. The molecule has 6 nitrogen and oxygen atoms in total. The summed E-state index contributed by atoms with van der Waals surface area (Å²) in [7, 11) is -3.68. The van der Waals surface area contributed by atoms with E-state index in [1.165, 1.54) is 23.9 Å². The molecular weight excluding hydrogens is 420 g/mol. The van der Waals surface area contributed by atoms with E-state index in [4.69, 9.17) is 11.6 Å². The van der Waals surface area contributed by atoms with Gasteiger partial charge >= 0.3 is 0 Å². The standard InChI is InChI=1S/C19H19ClN2O4S2/c1-12(19(24)21-9-13-2-4-14(20)5-3-13)11-28(25,26)15-6-7-17-16(8-15)22-18(23)10-27-17/h2-8,12H,9-11H2,1H3,(H,21,24)(H,22,23). The lowest BCUT2D eigenvalue weighted by Crippen LogP contribution is -2.32. The van der Waals surface area contributed by atoms with Gasteiger partial charge in [-0.25, -0.2) is 8.42 Å². The normalized spacial score (nSPS) is 14.7. The quantitative estimate of drug-likeness (QED) is 0.722. The van der Waals surface area contributed by atoms with Gasteiger partial charge in [0.2, 0.25) is 11.8 Å². The van der Waals surface area contributed by atoms with Gasteiger partial charge in [-0.2, -0.15) is 0 Å². The van der Waals surface area contributed by atoms with E-state index in [9.17, 15) is 18.0 Å². The minimum Gasteiger partial charge on any atom is -0.352 e. The predicted molar refractivity (Wildman–Crippen MR) is 110 cm³/mol. The average molecular weight is 439 g/mol. The molecule has 0 bridgehead atoms. The Morgan fingerprint density at radius 3 is 2.68 bits per heavy atom. The SMILES string of the molecule is CC(CS(=O)(=O)c1ccc2c(c1)NC(=O)CS2)C(=O)NCc1ccc(Cl)cc1. The summed E-state index contributed by atoms with van der Waals surface area (Å²) in [6.07, 6.45) is 0. The van der Waals surface area contributed by atoms with E-state index < -0.39 is 15.8 Å². The maximum Gasteiger partial charge on any atom is 0.234 e. The van der Waals surface area contributed by atoms with Crippen molar-refractivity contribution in [2.24, 2.45) is 5.92 Å². The summed E-state index contributed by atoms with van der Waals surface area (Å²) in [5, 5.41) is 6.02. The van der Waals surface area contributed by atoms with Crippen LogP contribution in [-0.2, 0) is 26.0 Å². The Morgan fingerprint density at radius 2 is 1.96 bits per heavy atom. The molecule has 148 valence electrons. The van der Waals surface area contributed by atoms with Gasteiger partial charge in [-0.05, 0) is 35.9 Å². The summed E-state index contributed by atoms with van der Waals surface area (Å²) < 4.78 is 25.4. The average Bonchev–Trinajstić information content (AvgIpc) is 2.66. The lowest BCUT2D eigenvalue weighted by molar-refractivity contribution is -0.124. The molecule has 2 N–H and O–H groups in total. The Kier molecular flexibility index (Phi) is 6.32. The van der Waals surface area contributed by atoms with Crippen molar-refractivity contribution in [2.75, 3.05) is 16.8 Å². The zero-order chi connectivity index (χ0) is 20.3. The van der Waals surface area contributed by atoms with Gasteiger partial charge < -0.3 is 10.6 Å². The molecule has 1 aliphatic rings. The van der Waals surface area contributed by atoms with Gasteiger partial charge in [0.05, 0.1) is 22.1 Å². The van der Waals surface area contributed by atoms with Crippen LogP contribution in [0.3, 0.4) is 0 Å². The van der Waals surface area contributed by atoms with E-state index in [0.717, 1.165) is 10.5 Å². The second-order valence-corrected chi connectivity index (χ2v) is 10.0. The van der Waals surface area contributed by atoms with Crippen LogP contribution in [0.4, 0.5) is 5.69 Å². The number of benzene rings is 2. The van der Waals surface area contributed by atoms with Gasteiger partial charge in [-0.15, -0.1) is 11.8 Å².